The lowest BCUT2D eigenvalue weighted by molar-refractivity contribution is 0.669. The highest BCUT2D eigenvalue weighted by atomic mass is 16.3. The van der Waals surface area contributed by atoms with Gasteiger partial charge in [0.15, 0.2) is 0 Å². The highest BCUT2D eigenvalue weighted by molar-refractivity contribution is 6.23. The number of fused-ring (bicyclic) bond motifs is 6. The lowest BCUT2D eigenvalue weighted by Gasteiger charge is -2.18. The van der Waals surface area contributed by atoms with E-state index in [1.807, 2.05) is 48.5 Å². The third-order valence-corrected chi connectivity index (χ3v) is 7.73. The summed E-state index contributed by atoms with van der Waals surface area (Å²) in [7, 11) is 0. The molecule has 9 rings (SSSR count). The second-order valence-corrected chi connectivity index (χ2v) is 10.1. The van der Waals surface area contributed by atoms with Crippen LogP contribution in [-0.4, -0.2) is 0 Å². The third-order valence-electron chi connectivity index (χ3n) is 7.73. The highest BCUT2D eigenvalue weighted by Gasteiger charge is 2.20. The smallest absolute Gasteiger partial charge is 0.136 e. The molecule has 1 nitrogen and oxygen atoms in total. The molecule has 0 spiro atoms. The zero-order valence-electron chi connectivity index (χ0n) is 37.3. The average molecular weight is 562 g/mol. The summed E-state index contributed by atoms with van der Waals surface area (Å²) in [6.45, 7) is 0. The number of para-hydroxylation sites is 1. The van der Waals surface area contributed by atoms with Gasteiger partial charge in [-0.05, 0) is 89.9 Å². The molecule has 0 amide bonds. The average Bonchev–Trinajstić information content (AvgIpc) is 3.61. The zero-order chi connectivity index (χ0) is 41.4. The maximum atomic E-state index is 9.45. The molecule has 0 saturated carbocycles. The quantitative estimate of drug-likeness (QED) is 0.196. The van der Waals surface area contributed by atoms with E-state index >= 15 is 0 Å². The van der Waals surface area contributed by atoms with Gasteiger partial charge in [0.05, 0.1) is 20.6 Å². The first kappa shape index (κ1) is 13.5. The lowest BCUT2D eigenvalue weighted by atomic mass is 9.84. The van der Waals surface area contributed by atoms with Crippen LogP contribution in [0.1, 0.15) is 20.6 Å². The van der Waals surface area contributed by atoms with Gasteiger partial charge in [0.2, 0.25) is 0 Å². The van der Waals surface area contributed by atoms with Crippen molar-refractivity contribution >= 4 is 54.3 Å². The predicted molar refractivity (Wildman–Crippen MR) is 183 cm³/mol. The summed E-state index contributed by atoms with van der Waals surface area (Å²) in [6.07, 6.45) is 0. The minimum atomic E-state index is -0.743. The first-order valence-corrected chi connectivity index (χ1v) is 13.6. The van der Waals surface area contributed by atoms with Crippen molar-refractivity contribution in [3.05, 3.63) is 157 Å². The van der Waals surface area contributed by atoms with Gasteiger partial charge in [-0.3, -0.25) is 0 Å². The predicted octanol–water partition coefficient (Wildman–Crippen LogP) is 12.0. The van der Waals surface area contributed by atoms with Crippen LogP contribution in [-0.2, 0) is 0 Å². The molecule has 0 aliphatic rings. The molecule has 9 aromatic rings. The van der Waals surface area contributed by atoms with Gasteiger partial charge < -0.3 is 4.42 Å². The van der Waals surface area contributed by atoms with E-state index in [-0.39, 0.29) is 38.2 Å². The van der Waals surface area contributed by atoms with Gasteiger partial charge in [0, 0.05) is 10.8 Å². The number of furan rings is 1. The first-order chi connectivity index (χ1) is 27.6. The summed E-state index contributed by atoms with van der Waals surface area (Å²) in [5.74, 6) is 0. The summed E-state index contributed by atoms with van der Waals surface area (Å²) < 4.78 is 141. The Hall–Kier alpha value is -5.66. The Morgan fingerprint density at radius 3 is 1.77 bits per heavy atom. The van der Waals surface area contributed by atoms with E-state index in [9.17, 15) is 8.22 Å². The zero-order valence-corrected chi connectivity index (χ0v) is 22.3. The van der Waals surface area contributed by atoms with Crippen molar-refractivity contribution in [1.82, 2.24) is 0 Å². The second kappa shape index (κ2) is 9.44. The SMILES string of the molecule is [2H]c1c([2H])c([2H])c2c([2H])c(-c3c4c([2H])c([2H])c([2H])c([2H])c4c(-c4cc(-c5ccccc5)c5c(c4)oc4ccccc45)c4c([2H])c([2H])c([2H])c([2H])c34)c([2H])c([2H])c2c1[2H]. The Balaban J connectivity index is 1.59. The maximum Gasteiger partial charge on any atom is 0.136 e. The van der Waals surface area contributed by atoms with Gasteiger partial charge in [-0.25, -0.2) is 0 Å². The van der Waals surface area contributed by atoms with E-state index in [4.69, 9.17) is 16.8 Å². The summed E-state index contributed by atoms with van der Waals surface area (Å²) in [4.78, 5) is 0. The molecule has 0 fully saturated rings. The Labute approximate surface area is 270 Å². The van der Waals surface area contributed by atoms with Crippen LogP contribution in [0.25, 0.3) is 87.6 Å². The van der Waals surface area contributed by atoms with Gasteiger partial charge in [0.25, 0.3) is 0 Å². The van der Waals surface area contributed by atoms with E-state index < -0.39 is 107 Å². The molecule has 200 valence electrons. The number of rotatable bonds is 3. The molecule has 0 aliphatic carbocycles. The lowest BCUT2D eigenvalue weighted by Crippen LogP contribution is -1.91. The Kier molecular flexibility index (Phi) is 2.97. The molecule has 1 aromatic heterocycles. The van der Waals surface area contributed by atoms with E-state index in [2.05, 4.69) is 0 Å². The fourth-order valence-corrected chi connectivity index (χ4v) is 5.91. The molecule has 0 atom stereocenters. The summed E-state index contributed by atoms with van der Waals surface area (Å²) >= 11 is 0. The molecule has 0 N–H and O–H groups in total. The van der Waals surface area contributed by atoms with Crippen LogP contribution in [0.2, 0.25) is 0 Å². The van der Waals surface area contributed by atoms with Crippen LogP contribution < -0.4 is 0 Å². The Bertz CT molecular complexity index is 3260. The number of hydrogen-bond donors (Lipinski definition) is 0. The summed E-state index contributed by atoms with van der Waals surface area (Å²) in [6, 6.07) is 10.0. The molecule has 0 bridgehead atoms. The van der Waals surface area contributed by atoms with Crippen LogP contribution >= 0.6 is 0 Å². The Morgan fingerprint density at radius 2 is 1.05 bits per heavy atom. The third kappa shape index (κ3) is 3.72. The van der Waals surface area contributed by atoms with Gasteiger partial charge in [0.1, 0.15) is 11.2 Å². The number of hydrogen-bond acceptors (Lipinski definition) is 1. The minimum Gasteiger partial charge on any atom is -0.456 e. The van der Waals surface area contributed by atoms with Crippen molar-refractivity contribution in [2.75, 3.05) is 0 Å². The summed E-state index contributed by atoms with van der Waals surface area (Å²) in [5, 5.41) is -0.341. The van der Waals surface area contributed by atoms with Gasteiger partial charge in [-0.15, -0.1) is 0 Å². The molecular formula is C42H26O. The fourth-order valence-electron chi connectivity index (χ4n) is 5.91. The van der Waals surface area contributed by atoms with Crippen LogP contribution in [0.15, 0.2) is 162 Å². The second-order valence-electron chi connectivity index (χ2n) is 10.1. The van der Waals surface area contributed by atoms with Crippen LogP contribution in [0, 0.1) is 0 Å². The monoisotopic (exact) mass is 561 g/mol. The van der Waals surface area contributed by atoms with Crippen LogP contribution in [0.4, 0.5) is 0 Å². The van der Waals surface area contributed by atoms with Gasteiger partial charge in [-0.1, -0.05) is 133 Å². The normalized spacial score (nSPS) is 16.6. The molecule has 8 aromatic carbocycles. The van der Waals surface area contributed by atoms with Crippen molar-refractivity contribution in [2.45, 2.75) is 0 Å². The van der Waals surface area contributed by atoms with E-state index in [1.54, 1.807) is 18.2 Å². The highest BCUT2D eigenvalue weighted by Crippen LogP contribution is 2.47. The fraction of sp³-hybridized carbons (Fsp3) is 0. The summed E-state index contributed by atoms with van der Waals surface area (Å²) in [5.41, 5.74) is 1.76. The van der Waals surface area contributed by atoms with Crippen molar-refractivity contribution in [1.29, 1.82) is 0 Å². The molecule has 0 saturated heterocycles. The standard InChI is InChI=1S/C42H26O/c1-2-13-28(14-3-1)37-25-31(26-39-42(37)36-20-10-11-21-38(36)43-39)41-34-18-8-6-16-32(34)40(33-17-7-9-19-35(33)41)30-23-22-27-12-4-5-15-29(27)24-30/h1-26H/i4D,5D,6D,7D,8D,9D,12D,15D,16D,17D,18D,19D,22D,23D,24D. The topological polar surface area (TPSA) is 13.1 Å². The van der Waals surface area contributed by atoms with Gasteiger partial charge in [-0.2, -0.15) is 0 Å². The van der Waals surface area contributed by atoms with Crippen molar-refractivity contribution in [2.24, 2.45) is 0 Å². The molecule has 0 radical (unpaired) electrons. The van der Waals surface area contributed by atoms with E-state index in [0.29, 0.717) is 16.7 Å². The van der Waals surface area contributed by atoms with E-state index in [1.165, 1.54) is 0 Å². The maximum absolute atomic E-state index is 9.45. The van der Waals surface area contributed by atoms with Crippen molar-refractivity contribution < 1.29 is 25.0 Å². The molecule has 0 aliphatic heterocycles. The molecule has 1 heteroatoms. The molecule has 0 unspecified atom stereocenters. The molecule has 43 heavy (non-hydrogen) atoms. The van der Waals surface area contributed by atoms with E-state index in [0.717, 1.165) is 16.3 Å². The largest absolute Gasteiger partial charge is 0.456 e. The minimum absolute atomic E-state index is 0.000785. The molecular weight excluding hydrogens is 520 g/mol. The van der Waals surface area contributed by atoms with Crippen LogP contribution in [0.5, 0.6) is 0 Å². The van der Waals surface area contributed by atoms with Crippen molar-refractivity contribution in [3.8, 4) is 33.4 Å². The number of benzene rings is 8. The van der Waals surface area contributed by atoms with Crippen LogP contribution in [0.3, 0.4) is 0 Å². The van der Waals surface area contributed by atoms with Crippen molar-refractivity contribution in [3.63, 3.8) is 0 Å². The molecule has 1 heterocycles. The van der Waals surface area contributed by atoms with Gasteiger partial charge >= 0.3 is 0 Å². The Morgan fingerprint density at radius 1 is 0.442 bits per heavy atom. The first-order valence-electron chi connectivity index (χ1n) is 21.1.